The maximum absolute atomic E-state index is 13.2. The first-order valence-corrected chi connectivity index (χ1v) is 11.9. The van der Waals surface area contributed by atoms with Crippen molar-refractivity contribution >= 4 is 17.5 Å². The number of carbonyl (C=O) groups excluding carboxylic acids is 2. The van der Waals surface area contributed by atoms with E-state index in [4.69, 9.17) is 4.74 Å². The molecule has 36 heavy (non-hydrogen) atoms. The molecule has 9 heteroatoms. The number of aromatic nitrogens is 3. The summed E-state index contributed by atoms with van der Waals surface area (Å²) < 4.78 is 7.43. The van der Waals surface area contributed by atoms with Crippen LogP contribution in [0.4, 0.5) is 5.69 Å². The molecular formula is C27H27N5O4. The van der Waals surface area contributed by atoms with Crippen molar-refractivity contribution in [3.63, 3.8) is 0 Å². The van der Waals surface area contributed by atoms with E-state index in [0.717, 1.165) is 18.4 Å². The zero-order valence-electron chi connectivity index (χ0n) is 20.0. The van der Waals surface area contributed by atoms with E-state index in [1.165, 1.54) is 11.2 Å². The van der Waals surface area contributed by atoms with Gasteiger partial charge in [0.25, 0.3) is 11.8 Å². The van der Waals surface area contributed by atoms with Gasteiger partial charge in [0.05, 0.1) is 12.2 Å². The van der Waals surface area contributed by atoms with Gasteiger partial charge >= 0.3 is 0 Å². The van der Waals surface area contributed by atoms with Crippen LogP contribution in [-0.4, -0.2) is 57.0 Å². The predicted molar refractivity (Wildman–Crippen MR) is 132 cm³/mol. The Morgan fingerprint density at radius 1 is 1.22 bits per heavy atom. The molecule has 2 heterocycles. The van der Waals surface area contributed by atoms with Crippen molar-refractivity contribution in [2.24, 2.45) is 0 Å². The van der Waals surface area contributed by atoms with E-state index in [1.807, 2.05) is 30.3 Å². The molecule has 1 aliphatic heterocycles. The molecule has 184 valence electrons. The lowest BCUT2D eigenvalue weighted by molar-refractivity contribution is -0.120. The molecule has 2 N–H and O–H groups in total. The Kier molecular flexibility index (Phi) is 6.44. The zero-order valence-corrected chi connectivity index (χ0v) is 20.0. The van der Waals surface area contributed by atoms with Crippen LogP contribution in [0.15, 0.2) is 54.9 Å². The second kappa shape index (κ2) is 9.84. The molecule has 1 aromatic heterocycles. The van der Waals surface area contributed by atoms with Gasteiger partial charge in [0, 0.05) is 12.6 Å². The fourth-order valence-corrected chi connectivity index (χ4v) is 4.42. The summed E-state index contributed by atoms with van der Waals surface area (Å²) in [5.74, 6) is 5.62. The monoisotopic (exact) mass is 485 g/mol. The van der Waals surface area contributed by atoms with Crippen molar-refractivity contribution in [1.82, 2.24) is 20.1 Å². The normalized spacial score (nSPS) is 18.4. The first kappa shape index (κ1) is 23.6. The lowest BCUT2D eigenvalue weighted by Crippen LogP contribution is -2.49. The number of rotatable bonds is 4. The number of ether oxygens (including phenoxy) is 1. The number of fused-ring (bicyclic) bond motifs is 1. The van der Waals surface area contributed by atoms with Gasteiger partial charge in [-0.2, -0.15) is 0 Å². The number of hydrogen-bond acceptors (Lipinski definition) is 6. The smallest absolute Gasteiger partial charge is 0.291 e. The van der Waals surface area contributed by atoms with Crippen LogP contribution in [0.3, 0.4) is 0 Å². The molecule has 1 atom stereocenters. The van der Waals surface area contributed by atoms with Crippen molar-refractivity contribution in [2.45, 2.75) is 43.9 Å². The molecule has 1 aliphatic carbocycles. The molecule has 0 radical (unpaired) electrons. The van der Waals surface area contributed by atoms with Gasteiger partial charge in [0.1, 0.15) is 30.3 Å². The van der Waals surface area contributed by atoms with Gasteiger partial charge in [0.2, 0.25) is 5.82 Å². The molecule has 2 aliphatic rings. The summed E-state index contributed by atoms with van der Waals surface area (Å²) in [6, 6.07) is 14.1. The fraction of sp³-hybridized carbons (Fsp3) is 0.333. The summed E-state index contributed by atoms with van der Waals surface area (Å²) in [7, 11) is 1.63. The highest BCUT2D eigenvalue weighted by molar-refractivity contribution is 6.02. The van der Waals surface area contributed by atoms with Crippen LogP contribution >= 0.6 is 0 Å². The van der Waals surface area contributed by atoms with Crippen molar-refractivity contribution in [3.8, 4) is 17.6 Å². The SMILES string of the molecule is CN1C(=O)[C@@H](NC(=O)c2ncn(Cc3ccccc3)n2)COc2ccc(C#CC3(O)CCCC3)cc21. The molecular weight excluding hydrogens is 458 g/mol. The number of carbonyl (C=O) groups is 2. The van der Waals surface area contributed by atoms with Crippen LogP contribution < -0.4 is 15.0 Å². The van der Waals surface area contributed by atoms with E-state index in [9.17, 15) is 14.7 Å². The average molecular weight is 486 g/mol. The van der Waals surface area contributed by atoms with Crippen molar-refractivity contribution in [2.75, 3.05) is 18.6 Å². The van der Waals surface area contributed by atoms with Gasteiger partial charge in [-0.1, -0.05) is 42.2 Å². The molecule has 5 rings (SSSR count). The molecule has 0 saturated heterocycles. The van der Waals surface area contributed by atoms with Crippen LogP contribution in [0, 0.1) is 11.8 Å². The molecule has 0 spiro atoms. The third-order valence-electron chi connectivity index (χ3n) is 6.46. The Bertz CT molecular complexity index is 1330. The minimum atomic E-state index is -0.942. The molecule has 2 amide bonds. The number of aliphatic hydroxyl groups is 1. The second-order valence-corrected chi connectivity index (χ2v) is 9.16. The van der Waals surface area contributed by atoms with E-state index in [2.05, 4.69) is 27.2 Å². The second-order valence-electron chi connectivity index (χ2n) is 9.16. The lowest BCUT2D eigenvalue weighted by Gasteiger charge is -2.20. The van der Waals surface area contributed by atoms with Crippen molar-refractivity contribution in [3.05, 3.63) is 71.8 Å². The number of benzene rings is 2. The summed E-state index contributed by atoms with van der Waals surface area (Å²) in [6.45, 7) is 0.449. The molecule has 1 saturated carbocycles. The van der Waals surface area contributed by atoms with Gasteiger partial charge in [0.15, 0.2) is 0 Å². The summed E-state index contributed by atoms with van der Waals surface area (Å²) in [6.07, 6.45) is 4.77. The van der Waals surface area contributed by atoms with Crippen LogP contribution in [0.1, 0.15) is 47.4 Å². The summed E-state index contributed by atoms with van der Waals surface area (Å²) in [5.41, 5.74) is 1.31. The topological polar surface area (TPSA) is 110 Å². The number of anilines is 1. The maximum Gasteiger partial charge on any atom is 0.291 e. The average Bonchev–Trinajstić information content (AvgIpc) is 3.52. The van der Waals surface area contributed by atoms with Crippen molar-refractivity contribution < 1.29 is 19.4 Å². The van der Waals surface area contributed by atoms with E-state index in [0.29, 0.717) is 36.4 Å². The Morgan fingerprint density at radius 2 is 2.00 bits per heavy atom. The number of nitrogens with one attached hydrogen (secondary N) is 1. The van der Waals surface area contributed by atoms with Gasteiger partial charge in [-0.15, -0.1) is 5.10 Å². The van der Waals surface area contributed by atoms with Crippen LogP contribution in [0.5, 0.6) is 5.75 Å². The number of likely N-dealkylation sites (N-methyl/N-ethyl adjacent to an activating group) is 1. The van der Waals surface area contributed by atoms with Crippen LogP contribution in [0.2, 0.25) is 0 Å². The first-order chi connectivity index (χ1) is 17.4. The Hall–Kier alpha value is -4.16. The highest BCUT2D eigenvalue weighted by Gasteiger charge is 2.32. The summed E-state index contributed by atoms with van der Waals surface area (Å²) >= 11 is 0. The summed E-state index contributed by atoms with van der Waals surface area (Å²) in [4.78, 5) is 31.5. The minimum absolute atomic E-state index is 0.0226. The van der Waals surface area contributed by atoms with E-state index in [-0.39, 0.29) is 18.3 Å². The van der Waals surface area contributed by atoms with Gasteiger partial charge in [-0.05, 0) is 49.4 Å². The molecule has 9 nitrogen and oxygen atoms in total. The fourth-order valence-electron chi connectivity index (χ4n) is 4.42. The van der Waals surface area contributed by atoms with Crippen LogP contribution in [-0.2, 0) is 11.3 Å². The van der Waals surface area contributed by atoms with Gasteiger partial charge in [-0.3, -0.25) is 9.59 Å². The third kappa shape index (κ3) is 5.09. The van der Waals surface area contributed by atoms with E-state index in [1.54, 1.807) is 29.9 Å². The minimum Gasteiger partial charge on any atom is -0.489 e. The Balaban J connectivity index is 1.27. The standard InChI is InChI=1S/C27H27N5O4/c1-31-22-15-19(11-14-27(35)12-5-6-13-27)9-10-23(22)36-17-21(26(31)34)29-25(33)24-28-18-32(30-24)16-20-7-3-2-4-8-20/h2-4,7-10,15,18,21,35H,5-6,12-13,16-17H2,1H3,(H,29,33)/t21-/m0/s1. The number of amides is 2. The zero-order chi connectivity index (χ0) is 25.1. The van der Waals surface area contributed by atoms with Crippen LogP contribution in [0.25, 0.3) is 0 Å². The van der Waals surface area contributed by atoms with Crippen molar-refractivity contribution in [1.29, 1.82) is 0 Å². The predicted octanol–water partition coefficient (Wildman–Crippen LogP) is 2.14. The number of nitrogens with zero attached hydrogens (tertiary/aromatic N) is 4. The summed E-state index contributed by atoms with van der Waals surface area (Å²) in [5, 5.41) is 17.4. The number of hydrogen-bond donors (Lipinski definition) is 2. The van der Waals surface area contributed by atoms with E-state index >= 15 is 0 Å². The quantitative estimate of drug-likeness (QED) is 0.548. The van der Waals surface area contributed by atoms with Gasteiger partial charge in [-0.25, -0.2) is 9.67 Å². The van der Waals surface area contributed by atoms with E-state index < -0.39 is 17.6 Å². The maximum atomic E-state index is 13.2. The Labute approximate surface area is 209 Å². The largest absolute Gasteiger partial charge is 0.489 e. The molecule has 1 fully saturated rings. The molecule has 0 bridgehead atoms. The first-order valence-electron chi connectivity index (χ1n) is 11.9. The third-order valence-corrected chi connectivity index (χ3v) is 6.46. The highest BCUT2D eigenvalue weighted by atomic mass is 16.5. The molecule has 3 aromatic rings. The lowest BCUT2D eigenvalue weighted by atomic mass is 10.0. The van der Waals surface area contributed by atoms with Gasteiger partial charge < -0.3 is 20.1 Å². The molecule has 0 unspecified atom stereocenters. The molecule has 2 aromatic carbocycles. The highest BCUT2D eigenvalue weighted by Crippen LogP contribution is 2.32. The Morgan fingerprint density at radius 3 is 2.78 bits per heavy atom.